The lowest BCUT2D eigenvalue weighted by Gasteiger charge is -2.34. The molecule has 1 N–H and O–H groups in total. The SMILES string of the molecule is COc1cccc(CNC(=O)CN2CCN(c3nccs3)CC2)c1. The van der Waals surface area contributed by atoms with E-state index in [1.165, 1.54) is 0 Å². The highest BCUT2D eigenvalue weighted by molar-refractivity contribution is 7.13. The number of piperazine rings is 1. The Balaban J connectivity index is 1.41. The minimum Gasteiger partial charge on any atom is -0.497 e. The Kier molecular flexibility index (Phi) is 5.66. The summed E-state index contributed by atoms with van der Waals surface area (Å²) >= 11 is 1.66. The molecule has 1 aromatic heterocycles. The average molecular weight is 346 g/mol. The van der Waals surface area contributed by atoms with Crippen molar-refractivity contribution in [3.05, 3.63) is 41.4 Å². The van der Waals surface area contributed by atoms with Crippen LogP contribution in [0.15, 0.2) is 35.8 Å². The molecule has 0 radical (unpaired) electrons. The van der Waals surface area contributed by atoms with Crippen LogP contribution < -0.4 is 15.0 Å². The maximum absolute atomic E-state index is 12.1. The van der Waals surface area contributed by atoms with Crippen molar-refractivity contribution in [2.24, 2.45) is 0 Å². The first-order chi connectivity index (χ1) is 11.7. The second-order valence-corrected chi connectivity index (χ2v) is 6.58. The summed E-state index contributed by atoms with van der Waals surface area (Å²) in [4.78, 5) is 20.9. The highest BCUT2D eigenvalue weighted by Crippen LogP contribution is 2.18. The van der Waals surface area contributed by atoms with E-state index in [1.54, 1.807) is 18.4 Å². The topological polar surface area (TPSA) is 57.7 Å². The zero-order chi connectivity index (χ0) is 16.8. The Hall–Kier alpha value is -2.12. The highest BCUT2D eigenvalue weighted by atomic mass is 32.1. The summed E-state index contributed by atoms with van der Waals surface area (Å²) in [5.41, 5.74) is 1.04. The highest BCUT2D eigenvalue weighted by Gasteiger charge is 2.20. The molecule has 7 heteroatoms. The van der Waals surface area contributed by atoms with Gasteiger partial charge in [0.05, 0.1) is 13.7 Å². The summed E-state index contributed by atoms with van der Waals surface area (Å²) in [7, 11) is 1.64. The minimum absolute atomic E-state index is 0.0560. The van der Waals surface area contributed by atoms with Crippen molar-refractivity contribution in [3.8, 4) is 5.75 Å². The third kappa shape index (κ3) is 4.46. The summed E-state index contributed by atoms with van der Waals surface area (Å²) < 4.78 is 5.19. The largest absolute Gasteiger partial charge is 0.497 e. The molecule has 128 valence electrons. The first kappa shape index (κ1) is 16.7. The minimum atomic E-state index is 0.0560. The smallest absolute Gasteiger partial charge is 0.234 e. The monoisotopic (exact) mass is 346 g/mol. The van der Waals surface area contributed by atoms with Crippen LogP contribution in [-0.2, 0) is 11.3 Å². The summed E-state index contributed by atoms with van der Waals surface area (Å²) in [5, 5.41) is 6.04. The van der Waals surface area contributed by atoms with Crippen LogP contribution in [0.3, 0.4) is 0 Å². The van der Waals surface area contributed by atoms with Crippen molar-refractivity contribution >= 4 is 22.4 Å². The van der Waals surface area contributed by atoms with E-state index in [2.05, 4.69) is 20.1 Å². The van der Waals surface area contributed by atoms with Gasteiger partial charge < -0.3 is 15.0 Å². The van der Waals surface area contributed by atoms with Crippen molar-refractivity contribution in [1.82, 2.24) is 15.2 Å². The number of aromatic nitrogens is 1. The summed E-state index contributed by atoms with van der Waals surface area (Å²) in [6, 6.07) is 7.74. The molecule has 1 fully saturated rings. The molecule has 0 saturated carbocycles. The van der Waals surface area contributed by atoms with Gasteiger partial charge in [-0.2, -0.15) is 0 Å². The van der Waals surface area contributed by atoms with Gasteiger partial charge in [-0.3, -0.25) is 9.69 Å². The number of amides is 1. The van der Waals surface area contributed by atoms with Crippen molar-refractivity contribution in [2.45, 2.75) is 6.54 Å². The average Bonchev–Trinajstić information content (AvgIpc) is 3.15. The lowest BCUT2D eigenvalue weighted by Crippen LogP contribution is -2.49. The molecule has 0 unspecified atom stereocenters. The number of nitrogens with zero attached hydrogens (tertiary/aromatic N) is 3. The van der Waals surface area contributed by atoms with Crippen molar-refractivity contribution in [1.29, 1.82) is 0 Å². The van der Waals surface area contributed by atoms with E-state index in [4.69, 9.17) is 4.74 Å². The molecule has 1 aliphatic heterocycles. The number of carbonyl (C=O) groups excluding carboxylic acids is 1. The standard InChI is InChI=1S/C17H22N4O2S/c1-23-15-4-2-3-14(11-15)12-19-16(22)13-20-6-8-21(9-7-20)17-18-5-10-24-17/h2-5,10-11H,6-9,12-13H2,1H3,(H,19,22). The molecule has 1 saturated heterocycles. The van der Waals surface area contributed by atoms with Gasteiger partial charge >= 0.3 is 0 Å². The van der Waals surface area contributed by atoms with Crippen LogP contribution in [0, 0.1) is 0 Å². The lowest BCUT2D eigenvalue weighted by molar-refractivity contribution is -0.122. The van der Waals surface area contributed by atoms with Crippen LogP contribution in [0.2, 0.25) is 0 Å². The molecule has 0 spiro atoms. The van der Waals surface area contributed by atoms with Crippen LogP contribution in [0.25, 0.3) is 0 Å². The second-order valence-electron chi connectivity index (χ2n) is 5.71. The maximum Gasteiger partial charge on any atom is 0.234 e. The Morgan fingerprint density at radius 1 is 1.33 bits per heavy atom. The van der Waals surface area contributed by atoms with E-state index in [-0.39, 0.29) is 5.91 Å². The molecule has 1 amide bonds. The van der Waals surface area contributed by atoms with Crippen molar-refractivity contribution < 1.29 is 9.53 Å². The first-order valence-corrected chi connectivity index (χ1v) is 8.89. The molecular weight excluding hydrogens is 324 g/mol. The van der Waals surface area contributed by atoms with Crippen LogP contribution >= 0.6 is 11.3 Å². The molecule has 24 heavy (non-hydrogen) atoms. The molecule has 2 heterocycles. The third-order valence-electron chi connectivity index (χ3n) is 4.05. The number of rotatable bonds is 6. The van der Waals surface area contributed by atoms with Crippen molar-refractivity contribution in [2.75, 3.05) is 44.7 Å². The maximum atomic E-state index is 12.1. The quantitative estimate of drug-likeness (QED) is 0.861. The van der Waals surface area contributed by atoms with Gasteiger partial charge in [-0.15, -0.1) is 11.3 Å². The zero-order valence-electron chi connectivity index (χ0n) is 13.8. The summed E-state index contributed by atoms with van der Waals surface area (Å²) in [5.74, 6) is 0.862. The molecule has 3 rings (SSSR count). The predicted octanol–water partition coefficient (Wildman–Crippen LogP) is 1.59. The predicted molar refractivity (Wildman–Crippen MR) is 95.6 cm³/mol. The fourth-order valence-corrected chi connectivity index (χ4v) is 3.41. The Morgan fingerprint density at radius 2 is 2.17 bits per heavy atom. The number of nitrogens with one attached hydrogen (secondary N) is 1. The summed E-state index contributed by atoms with van der Waals surface area (Å²) in [6.45, 7) is 4.55. The fourth-order valence-electron chi connectivity index (χ4n) is 2.71. The number of hydrogen-bond donors (Lipinski definition) is 1. The van der Waals surface area contributed by atoms with Gasteiger partial charge in [-0.05, 0) is 17.7 Å². The lowest BCUT2D eigenvalue weighted by atomic mass is 10.2. The number of benzene rings is 1. The molecule has 0 aliphatic carbocycles. The van der Waals surface area contributed by atoms with Crippen molar-refractivity contribution in [3.63, 3.8) is 0 Å². The number of hydrogen-bond acceptors (Lipinski definition) is 6. The summed E-state index contributed by atoms with van der Waals surface area (Å²) in [6.07, 6.45) is 1.83. The fraction of sp³-hybridized carbons (Fsp3) is 0.412. The van der Waals surface area contributed by atoms with E-state index in [0.29, 0.717) is 13.1 Å². The van der Waals surface area contributed by atoms with Crippen LogP contribution in [-0.4, -0.2) is 55.6 Å². The first-order valence-electron chi connectivity index (χ1n) is 8.01. The van der Waals surface area contributed by atoms with Crippen LogP contribution in [0.4, 0.5) is 5.13 Å². The normalized spacial score (nSPS) is 15.3. The van der Waals surface area contributed by atoms with E-state index in [9.17, 15) is 4.79 Å². The van der Waals surface area contributed by atoms with Crippen LogP contribution in [0.1, 0.15) is 5.56 Å². The van der Waals surface area contributed by atoms with E-state index >= 15 is 0 Å². The van der Waals surface area contributed by atoms with Gasteiger partial charge in [0, 0.05) is 44.3 Å². The van der Waals surface area contributed by atoms with Gasteiger partial charge in [0.1, 0.15) is 5.75 Å². The second kappa shape index (κ2) is 8.12. The van der Waals surface area contributed by atoms with Crippen LogP contribution in [0.5, 0.6) is 5.75 Å². The third-order valence-corrected chi connectivity index (χ3v) is 4.89. The number of ether oxygens (including phenoxy) is 1. The van der Waals surface area contributed by atoms with Gasteiger partial charge in [0.2, 0.25) is 5.91 Å². The molecule has 0 atom stereocenters. The Labute approximate surface area is 146 Å². The molecular formula is C17H22N4O2S. The van der Waals surface area contributed by atoms with Gasteiger partial charge in [-0.1, -0.05) is 12.1 Å². The molecule has 2 aromatic rings. The number of methoxy groups -OCH3 is 1. The number of anilines is 1. The molecule has 1 aliphatic rings. The van der Waals surface area contributed by atoms with Gasteiger partial charge in [0.15, 0.2) is 5.13 Å². The molecule has 6 nitrogen and oxygen atoms in total. The number of thiazole rings is 1. The molecule has 1 aromatic carbocycles. The Bertz CT molecular complexity index is 654. The van der Waals surface area contributed by atoms with E-state index in [0.717, 1.165) is 42.6 Å². The van der Waals surface area contributed by atoms with Gasteiger partial charge in [-0.25, -0.2) is 4.98 Å². The van der Waals surface area contributed by atoms with E-state index < -0.39 is 0 Å². The van der Waals surface area contributed by atoms with E-state index in [1.807, 2.05) is 35.8 Å². The number of carbonyl (C=O) groups is 1. The zero-order valence-corrected chi connectivity index (χ0v) is 14.6. The van der Waals surface area contributed by atoms with Gasteiger partial charge in [0.25, 0.3) is 0 Å². The molecule has 0 bridgehead atoms. The Morgan fingerprint density at radius 3 is 2.88 bits per heavy atom.